The molecule has 10 heteroatoms. The lowest BCUT2D eigenvalue weighted by atomic mass is 10.1. The van der Waals surface area contributed by atoms with Gasteiger partial charge < -0.3 is 4.90 Å². The molecule has 0 spiro atoms. The average Bonchev–Trinajstić information content (AvgIpc) is 2.73. The normalized spacial score (nSPS) is 15.2. The third kappa shape index (κ3) is 4.61. The van der Waals surface area contributed by atoms with Gasteiger partial charge in [0.2, 0.25) is 0 Å². The van der Waals surface area contributed by atoms with E-state index < -0.39 is 23.5 Å². The van der Waals surface area contributed by atoms with Crippen molar-refractivity contribution in [2.45, 2.75) is 25.2 Å². The molecular formula is C22H17Cl2F4N3O. The van der Waals surface area contributed by atoms with E-state index in [4.69, 9.17) is 23.2 Å². The summed E-state index contributed by atoms with van der Waals surface area (Å²) < 4.78 is 53.7. The highest BCUT2D eigenvalue weighted by Crippen LogP contribution is 2.33. The highest BCUT2D eigenvalue weighted by atomic mass is 35.5. The van der Waals surface area contributed by atoms with Crippen LogP contribution in [0, 0.1) is 0 Å². The highest BCUT2D eigenvalue weighted by molar-refractivity contribution is 6.36. The molecule has 0 unspecified atom stereocenters. The smallest absolute Gasteiger partial charge is 0.356 e. The minimum Gasteiger partial charge on any atom is -0.356 e. The lowest BCUT2D eigenvalue weighted by molar-refractivity contribution is -0.137. The van der Waals surface area contributed by atoms with Crippen molar-refractivity contribution < 1.29 is 17.6 Å². The Morgan fingerprint density at radius 1 is 0.969 bits per heavy atom. The van der Waals surface area contributed by atoms with Crippen molar-refractivity contribution in [1.29, 1.82) is 0 Å². The van der Waals surface area contributed by atoms with Gasteiger partial charge in [0.1, 0.15) is 12.0 Å². The van der Waals surface area contributed by atoms with E-state index in [9.17, 15) is 22.4 Å². The Hall–Kier alpha value is -2.58. The van der Waals surface area contributed by atoms with E-state index in [0.717, 1.165) is 12.1 Å². The van der Waals surface area contributed by atoms with Crippen molar-refractivity contribution in [3.63, 3.8) is 0 Å². The second kappa shape index (κ2) is 8.75. The quantitative estimate of drug-likeness (QED) is 0.416. The van der Waals surface area contributed by atoms with Crippen LogP contribution in [0.15, 0.2) is 53.3 Å². The molecule has 1 fully saturated rings. The standard InChI is InChI=1S/C22H17Cl2F4N3O/c23-14-3-6-17(18(24)11-14)21-29-19(30-9-7-15(25)8-10-30)12-20(32)31(21)16-4-1-13(2-5-16)22(26,27)28/h1-6,11-12,15H,7-10H2. The number of aromatic nitrogens is 2. The van der Waals surface area contributed by atoms with Gasteiger partial charge in [0, 0.05) is 29.7 Å². The van der Waals surface area contributed by atoms with Gasteiger partial charge in [-0.25, -0.2) is 9.37 Å². The molecule has 0 amide bonds. The summed E-state index contributed by atoms with van der Waals surface area (Å²) in [5, 5.41) is 0.605. The number of alkyl halides is 4. The molecule has 1 saturated heterocycles. The largest absolute Gasteiger partial charge is 0.416 e. The maximum Gasteiger partial charge on any atom is 0.416 e. The van der Waals surface area contributed by atoms with Gasteiger partial charge in [0.15, 0.2) is 5.82 Å². The average molecular weight is 486 g/mol. The van der Waals surface area contributed by atoms with Crippen LogP contribution in [0.1, 0.15) is 18.4 Å². The van der Waals surface area contributed by atoms with Crippen LogP contribution >= 0.6 is 23.2 Å². The Bertz CT molecular complexity index is 1190. The summed E-state index contributed by atoms with van der Waals surface area (Å²) in [4.78, 5) is 19.5. The van der Waals surface area contributed by atoms with Crippen molar-refractivity contribution in [2.75, 3.05) is 18.0 Å². The third-order valence-electron chi connectivity index (χ3n) is 5.28. The third-order valence-corrected chi connectivity index (χ3v) is 5.83. The molecular weight excluding hydrogens is 469 g/mol. The fourth-order valence-corrected chi connectivity index (χ4v) is 4.10. The first-order chi connectivity index (χ1) is 15.1. The second-order valence-electron chi connectivity index (χ2n) is 7.44. The summed E-state index contributed by atoms with van der Waals surface area (Å²) in [7, 11) is 0. The van der Waals surface area contributed by atoms with Crippen LogP contribution in [0.2, 0.25) is 10.0 Å². The summed E-state index contributed by atoms with van der Waals surface area (Å²) in [5.41, 5.74) is -0.752. The molecule has 2 aromatic carbocycles. The van der Waals surface area contributed by atoms with Crippen LogP contribution in [0.5, 0.6) is 0 Å². The summed E-state index contributed by atoms with van der Waals surface area (Å²) in [6.07, 6.45) is -4.76. The van der Waals surface area contributed by atoms with E-state index >= 15 is 0 Å². The molecule has 0 radical (unpaired) electrons. The van der Waals surface area contributed by atoms with Gasteiger partial charge in [-0.05, 0) is 55.3 Å². The van der Waals surface area contributed by atoms with Gasteiger partial charge >= 0.3 is 6.18 Å². The predicted octanol–water partition coefficient (Wildman–Crippen LogP) is 6.16. The molecule has 4 rings (SSSR count). The first kappa shape index (κ1) is 22.6. The van der Waals surface area contributed by atoms with Gasteiger partial charge in [-0.2, -0.15) is 13.2 Å². The van der Waals surface area contributed by atoms with Gasteiger partial charge in [-0.3, -0.25) is 9.36 Å². The van der Waals surface area contributed by atoms with Crippen LogP contribution in [0.4, 0.5) is 23.4 Å². The molecule has 0 aliphatic carbocycles. The van der Waals surface area contributed by atoms with Crippen molar-refractivity contribution in [1.82, 2.24) is 9.55 Å². The minimum atomic E-state index is -4.50. The van der Waals surface area contributed by atoms with Crippen LogP contribution in [-0.2, 0) is 6.18 Å². The molecule has 0 bridgehead atoms. The lowest BCUT2D eigenvalue weighted by Crippen LogP contribution is -2.36. The molecule has 0 atom stereocenters. The molecule has 32 heavy (non-hydrogen) atoms. The predicted molar refractivity (Wildman–Crippen MR) is 117 cm³/mol. The summed E-state index contributed by atoms with van der Waals surface area (Å²) in [6, 6.07) is 10.1. The molecule has 168 valence electrons. The maximum atomic E-state index is 13.6. The Balaban J connectivity index is 1.88. The Labute approximate surface area is 191 Å². The fraction of sp³-hybridized carbons (Fsp3) is 0.273. The fourth-order valence-electron chi connectivity index (χ4n) is 3.61. The second-order valence-corrected chi connectivity index (χ2v) is 8.29. The lowest BCUT2D eigenvalue weighted by Gasteiger charge is -2.30. The molecule has 2 heterocycles. The molecule has 0 N–H and O–H groups in total. The van der Waals surface area contributed by atoms with E-state index in [1.54, 1.807) is 12.1 Å². The Morgan fingerprint density at radius 3 is 2.22 bits per heavy atom. The number of benzene rings is 2. The van der Waals surface area contributed by atoms with Crippen LogP contribution < -0.4 is 10.5 Å². The van der Waals surface area contributed by atoms with Crippen LogP contribution in [0.3, 0.4) is 0 Å². The zero-order valence-corrected chi connectivity index (χ0v) is 18.1. The molecule has 0 saturated carbocycles. The van der Waals surface area contributed by atoms with E-state index in [2.05, 4.69) is 4.98 Å². The number of rotatable bonds is 3. The zero-order valence-electron chi connectivity index (χ0n) is 16.5. The van der Waals surface area contributed by atoms with Gasteiger partial charge in [-0.15, -0.1) is 0 Å². The van der Waals surface area contributed by atoms with Crippen molar-refractivity contribution in [3.8, 4) is 17.1 Å². The molecule has 1 aliphatic rings. The highest BCUT2D eigenvalue weighted by Gasteiger charge is 2.30. The summed E-state index contributed by atoms with van der Waals surface area (Å²) >= 11 is 12.4. The molecule has 3 aromatic rings. The first-order valence-electron chi connectivity index (χ1n) is 9.79. The Morgan fingerprint density at radius 2 is 1.62 bits per heavy atom. The summed E-state index contributed by atoms with van der Waals surface area (Å²) in [5.74, 6) is 0.502. The molecule has 4 nitrogen and oxygen atoms in total. The minimum absolute atomic E-state index is 0.149. The molecule has 1 aromatic heterocycles. The first-order valence-corrected chi connectivity index (χ1v) is 10.6. The van der Waals surface area contributed by atoms with Crippen molar-refractivity contribution in [2.24, 2.45) is 0 Å². The topological polar surface area (TPSA) is 38.1 Å². The zero-order chi connectivity index (χ0) is 23.0. The maximum absolute atomic E-state index is 13.6. The van der Waals surface area contributed by atoms with E-state index in [0.29, 0.717) is 42.3 Å². The number of piperidine rings is 1. The van der Waals surface area contributed by atoms with E-state index in [1.807, 2.05) is 4.90 Å². The van der Waals surface area contributed by atoms with E-state index in [-0.39, 0.29) is 16.5 Å². The number of anilines is 1. The van der Waals surface area contributed by atoms with Crippen LogP contribution in [0.25, 0.3) is 17.1 Å². The Kier molecular flexibility index (Phi) is 6.18. The summed E-state index contributed by atoms with van der Waals surface area (Å²) in [6.45, 7) is 0.789. The van der Waals surface area contributed by atoms with Crippen molar-refractivity contribution in [3.05, 3.63) is 74.5 Å². The van der Waals surface area contributed by atoms with Gasteiger partial charge in [0.25, 0.3) is 5.56 Å². The number of nitrogens with zero attached hydrogens (tertiary/aromatic N) is 3. The van der Waals surface area contributed by atoms with Crippen molar-refractivity contribution >= 4 is 29.0 Å². The SMILES string of the molecule is O=c1cc(N2CCC(F)CC2)nc(-c2ccc(Cl)cc2Cl)n1-c1ccc(C(F)(F)F)cc1. The number of halogens is 6. The molecule has 1 aliphatic heterocycles. The monoisotopic (exact) mass is 485 g/mol. The number of hydrogen-bond acceptors (Lipinski definition) is 3. The van der Waals surface area contributed by atoms with Gasteiger partial charge in [0.05, 0.1) is 16.3 Å². The van der Waals surface area contributed by atoms with Crippen LogP contribution in [-0.4, -0.2) is 28.8 Å². The number of hydrogen-bond donors (Lipinski definition) is 0. The van der Waals surface area contributed by atoms with E-state index in [1.165, 1.54) is 28.8 Å². The van der Waals surface area contributed by atoms with Gasteiger partial charge in [-0.1, -0.05) is 23.2 Å².